The minimum atomic E-state index is -0.385. The normalized spacial score (nSPS) is 16.7. The summed E-state index contributed by atoms with van der Waals surface area (Å²) in [6.45, 7) is 4.80. The van der Waals surface area contributed by atoms with E-state index in [9.17, 15) is 9.18 Å². The van der Waals surface area contributed by atoms with E-state index >= 15 is 0 Å². The van der Waals surface area contributed by atoms with Gasteiger partial charge in [0.25, 0.3) is 5.91 Å². The number of aromatic nitrogens is 1. The standard InChI is InChI=1S/C25H24FN5O2/c26-21-15-18(17-27)5-6-23(21)29-7-9-30(10-8-29)24-16-20(19-3-1-2-4-22(19)28-24)25(32)31-11-13-33-14-12-31/h1-6,15-16H,7-14H2. The van der Waals surface area contributed by atoms with Crippen molar-refractivity contribution in [2.75, 3.05) is 62.3 Å². The first-order valence-corrected chi connectivity index (χ1v) is 11.1. The van der Waals surface area contributed by atoms with Gasteiger partial charge in [-0.25, -0.2) is 9.37 Å². The number of nitrogens with zero attached hydrogens (tertiary/aromatic N) is 5. The lowest BCUT2D eigenvalue weighted by Gasteiger charge is -2.37. The van der Waals surface area contributed by atoms with E-state index in [1.807, 2.05) is 46.2 Å². The number of rotatable bonds is 3. The van der Waals surface area contributed by atoms with E-state index < -0.39 is 0 Å². The maximum absolute atomic E-state index is 14.5. The van der Waals surface area contributed by atoms with Crippen LogP contribution in [0, 0.1) is 17.1 Å². The molecule has 5 rings (SSSR count). The zero-order valence-corrected chi connectivity index (χ0v) is 18.2. The van der Waals surface area contributed by atoms with Crippen molar-refractivity contribution >= 4 is 28.3 Å². The van der Waals surface area contributed by atoms with Crippen molar-refractivity contribution in [2.24, 2.45) is 0 Å². The molecule has 3 heterocycles. The maximum Gasteiger partial charge on any atom is 0.254 e. The lowest BCUT2D eigenvalue weighted by Crippen LogP contribution is -2.47. The number of carbonyl (C=O) groups excluding carboxylic acids is 1. The summed E-state index contributed by atoms with van der Waals surface area (Å²) in [7, 11) is 0. The van der Waals surface area contributed by atoms with E-state index in [0.29, 0.717) is 69.3 Å². The van der Waals surface area contributed by atoms with Crippen molar-refractivity contribution in [1.29, 1.82) is 5.26 Å². The Morgan fingerprint density at radius 2 is 1.70 bits per heavy atom. The number of halogens is 1. The number of hydrogen-bond acceptors (Lipinski definition) is 6. The Kier molecular flexibility index (Phi) is 5.80. The minimum absolute atomic E-state index is 0.00330. The van der Waals surface area contributed by atoms with Gasteiger partial charge in [0.2, 0.25) is 0 Å². The zero-order chi connectivity index (χ0) is 22.8. The van der Waals surface area contributed by atoms with Crippen LogP contribution in [0.2, 0.25) is 0 Å². The van der Waals surface area contributed by atoms with E-state index in [1.54, 1.807) is 12.1 Å². The molecule has 2 fully saturated rings. The van der Waals surface area contributed by atoms with Gasteiger partial charge in [-0.2, -0.15) is 5.26 Å². The first kappa shape index (κ1) is 21.2. The number of morpholine rings is 1. The lowest BCUT2D eigenvalue weighted by atomic mass is 10.1. The summed E-state index contributed by atoms with van der Waals surface area (Å²) in [6, 6.07) is 16.1. The highest BCUT2D eigenvalue weighted by molar-refractivity contribution is 6.07. The number of amides is 1. The Morgan fingerprint density at radius 1 is 0.970 bits per heavy atom. The fourth-order valence-electron chi connectivity index (χ4n) is 4.45. The van der Waals surface area contributed by atoms with Gasteiger partial charge >= 0.3 is 0 Å². The Bertz CT molecular complexity index is 1230. The lowest BCUT2D eigenvalue weighted by molar-refractivity contribution is 0.0304. The minimum Gasteiger partial charge on any atom is -0.378 e. The van der Waals surface area contributed by atoms with E-state index in [-0.39, 0.29) is 11.7 Å². The summed E-state index contributed by atoms with van der Waals surface area (Å²) in [5.74, 6) is 0.367. The molecule has 0 saturated carbocycles. The molecule has 0 aliphatic carbocycles. The molecule has 0 atom stereocenters. The molecule has 1 amide bonds. The predicted octanol–water partition coefficient (Wildman–Crippen LogP) is 3.04. The largest absolute Gasteiger partial charge is 0.378 e. The van der Waals surface area contributed by atoms with E-state index in [0.717, 1.165) is 16.7 Å². The molecule has 2 aliphatic rings. The van der Waals surface area contributed by atoms with Gasteiger partial charge in [0, 0.05) is 44.7 Å². The molecule has 168 valence electrons. The smallest absolute Gasteiger partial charge is 0.254 e. The Labute approximate surface area is 191 Å². The van der Waals surface area contributed by atoms with Gasteiger partial charge in [0.05, 0.1) is 41.6 Å². The fraction of sp³-hybridized carbons (Fsp3) is 0.320. The molecule has 0 bridgehead atoms. The Balaban J connectivity index is 1.39. The average Bonchev–Trinajstić information content (AvgIpc) is 2.88. The van der Waals surface area contributed by atoms with E-state index in [4.69, 9.17) is 15.0 Å². The van der Waals surface area contributed by atoms with Crippen molar-refractivity contribution in [3.63, 3.8) is 0 Å². The van der Waals surface area contributed by atoms with Crippen molar-refractivity contribution in [1.82, 2.24) is 9.88 Å². The van der Waals surface area contributed by atoms with Crippen LogP contribution in [-0.4, -0.2) is 68.3 Å². The van der Waals surface area contributed by atoms with Gasteiger partial charge in [-0.15, -0.1) is 0 Å². The van der Waals surface area contributed by atoms with Crippen LogP contribution in [0.5, 0.6) is 0 Å². The summed E-state index contributed by atoms with van der Waals surface area (Å²) < 4.78 is 19.9. The molecule has 3 aromatic rings. The second kappa shape index (κ2) is 9.04. The highest BCUT2D eigenvalue weighted by atomic mass is 19.1. The quantitative estimate of drug-likeness (QED) is 0.617. The topological polar surface area (TPSA) is 72.7 Å². The van der Waals surface area contributed by atoms with E-state index in [2.05, 4.69) is 4.90 Å². The Morgan fingerprint density at radius 3 is 2.42 bits per heavy atom. The molecule has 1 aromatic heterocycles. The van der Waals surface area contributed by atoms with E-state index in [1.165, 1.54) is 6.07 Å². The number of nitriles is 1. The molecular formula is C25H24FN5O2. The van der Waals surface area contributed by atoms with Gasteiger partial charge in [0.15, 0.2) is 0 Å². The van der Waals surface area contributed by atoms with Crippen molar-refractivity contribution in [3.8, 4) is 6.07 Å². The third kappa shape index (κ3) is 4.20. The second-order valence-corrected chi connectivity index (χ2v) is 8.20. The SMILES string of the molecule is N#Cc1ccc(N2CCN(c3cc(C(=O)N4CCOCC4)c4ccccc4n3)CC2)c(F)c1. The third-order valence-electron chi connectivity index (χ3n) is 6.25. The molecule has 0 N–H and O–H groups in total. The monoisotopic (exact) mass is 445 g/mol. The highest BCUT2D eigenvalue weighted by Gasteiger charge is 2.25. The first-order valence-electron chi connectivity index (χ1n) is 11.1. The summed E-state index contributed by atoms with van der Waals surface area (Å²) in [5, 5.41) is 9.81. The van der Waals surface area contributed by atoms with Crippen LogP contribution >= 0.6 is 0 Å². The number of hydrogen-bond donors (Lipinski definition) is 0. The molecule has 8 heteroatoms. The van der Waals surface area contributed by atoms with Crippen LogP contribution in [0.25, 0.3) is 10.9 Å². The Hall–Kier alpha value is -3.70. The number of para-hydroxylation sites is 1. The third-order valence-corrected chi connectivity index (χ3v) is 6.25. The summed E-state index contributed by atoms with van der Waals surface area (Å²) in [4.78, 5) is 24.1. The van der Waals surface area contributed by atoms with Gasteiger partial charge in [-0.05, 0) is 30.3 Å². The fourth-order valence-corrected chi connectivity index (χ4v) is 4.45. The van der Waals surface area contributed by atoms with Crippen molar-refractivity contribution in [2.45, 2.75) is 0 Å². The first-order chi connectivity index (χ1) is 16.1. The van der Waals surface area contributed by atoms with Gasteiger partial charge in [-0.3, -0.25) is 4.79 Å². The molecule has 33 heavy (non-hydrogen) atoms. The predicted molar refractivity (Wildman–Crippen MR) is 124 cm³/mol. The average molecular weight is 445 g/mol. The number of ether oxygens (including phenoxy) is 1. The molecule has 0 spiro atoms. The molecule has 2 aromatic carbocycles. The molecule has 2 aliphatic heterocycles. The molecule has 7 nitrogen and oxygen atoms in total. The van der Waals surface area contributed by atoms with Crippen molar-refractivity contribution < 1.29 is 13.9 Å². The second-order valence-electron chi connectivity index (χ2n) is 8.20. The highest BCUT2D eigenvalue weighted by Crippen LogP contribution is 2.27. The molecular weight excluding hydrogens is 421 g/mol. The van der Waals surface area contributed by atoms with Crippen LogP contribution in [0.3, 0.4) is 0 Å². The summed E-state index contributed by atoms with van der Waals surface area (Å²) in [5.41, 5.74) is 2.25. The van der Waals surface area contributed by atoms with Crippen LogP contribution in [0.4, 0.5) is 15.9 Å². The van der Waals surface area contributed by atoms with Crippen LogP contribution in [-0.2, 0) is 4.74 Å². The number of anilines is 2. The zero-order valence-electron chi connectivity index (χ0n) is 18.2. The van der Waals surface area contributed by atoms with Crippen molar-refractivity contribution in [3.05, 3.63) is 65.5 Å². The number of carbonyl (C=O) groups is 1. The molecule has 0 radical (unpaired) electrons. The molecule has 2 saturated heterocycles. The van der Waals surface area contributed by atoms with Crippen LogP contribution in [0.15, 0.2) is 48.5 Å². The van der Waals surface area contributed by atoms with Crippen LogP contribution < -0.4 is 9.80 Å². The van der Waals surface area contributed by atoms with Gasteiger partial charge in [-0.1, -0.05) is 18.2 Å². The number of fused-ring (bicyclic) bond motifs is 1. The number of pyridine rings is 1. The van der Waals surface area contributed by atoms with Gasteiger partial charge < -0.3 is 19.4 Å². The number of piperazine rings is 1. The summed E-state index contributed by atoms with van der Waals surface area (Å²) in [6.07, 6.45) is 0. The van der Waals surface area contributed by atoms with Crippen LogP contribution in [0.1, 0.15) is 15.9 Å². The molecule has 0 unspecified atom stereocenters. The van der Waals surface area contributed by atoms with Gasteiger partial charge in [0.1, 0.15) is 11.6 Å². The maximum atomic E-state index is 14.5. The number of benzene rings is 2. The summed E-state index contributed by atoms with van der Waals surface area (Å²) >= 11 is 0.